The molecule has 2 atom stereocenters. The van der Waals surface area contributed by atoms with Crippen molar-refractivity contribution in [1.82, 2.24) is 9.80 Å². The second-order valence-electron chi connectivity index (χ2n) is 5.50. The Bertz CT molecular complexity index is 381. The highest BCUT2D eigenvalue weighted by Crippen LogP contribution is 2.27. The summed E-state index contributed by atoms with van der Waals surface area (Å²) in [4.78, 5) is 4.92. The van der Waals surface area contributed by atoms with E-state index >= 15 is 0 Å². The van der Waals surface area contributed by atoms with Crippen LogP contribution in [0, 0.1) is 6.92 Å². The first-order valence-electron chi connectivity index (χ1n) is 6.83. The van der Waals surface area contributed by atoms with Gasteiger partial charge >= 0.3 is 0 Å². The smallest absolute Gasteiger partial charge is 0.0500 e. The van der Waals surface area contributed by atoms with Crippen molar-refractivity contribution in [3.05, 3.63) is 35.4 Å². The molecule has 1 aliphatic rings. The van der Waals surface area contributed by atoms with Gasteiger partial charge in [-0.3, -0.25) is 4.90 Å². The van der Waals surface area contributed by atoms with E-state index in [2.05, 4.69) is 55.0 Å². The van der Waals surface area contributed by atoms with Crippen LogP contribution in [0.5, 0.6) is 0 Å². The average molecular weight is 247 g/mol. The number of rotatable bonds is 3. The fourth-order valence-corrected chi connectivity index (χ4v) is 2.83. The lowest BCUT2D eigenvalue weighted by molar-refractivity contribution is 0.100. The molecule has 3 heteroatoms. The van der Waals surface area contributed by atoms with Crippen molar-refractivity contribution in [2.75, 3.05) is 33.2 Å². The molecule has 2 rings (SSSR count). The summed E-state index contributed by atoms with van der Waals surface area (Å²) in [6.45, 7) is 8.79. The number of nitrogens with zero attached hydrogens (tertiary/aromatic N) is 2. The summed E-state index contributed by atoms with van der Waals surface area (Å²) in [5.74, 6) is 0. The van der Waals surface area contributed by atoms with E-state index in [0.717, 1.165) is 26.2 Å². The highest BCUT2D eigenvalue weighted by atomic mass is 15.3. The number of hydrogen-bond acceptors (Lipinski definition) is 3. The molecule has 1 aromatic carbocycles. The van der Waals surface area contributed by atoms with Crippen LogP contribution in [-0.2, 0) is 0 Å². The first-order chi connectivity index (χ1) is 8.59. The van der Waals surface area contributed by atoms with Crippen molar-refractivity contribution < 1.29 is 0 Å². The maximum Gasteiger partial charge on any atom is 0.0500 e. The van der Waals surface area contributed by atoms with E-state index in [1.165, 1.54) is 11.1 Å². The highest BCUT2D eigenvalue weighted by molar-refractivity contribution is 5.30. The van der Waals surface area contributed by atoms with Crippen LogP contribution in [0.1, 0.15) is 24.1 Å². The van der Waals surface area contributed by atoms with Crippen LogP contribution in [0.15, 0.2) is 24.3 Å². The van der Waals surface area contributed by atoms with E-state index in [4.69, 9.17) is 5.73 Å². The molecule has 0 bridgehead atoms. The van der Waals surface area contributed by atoms with E-state index in [1.807, 2.05) is 0 Å². The minimum atomic E-state index is 0.162. The van der Waals surface area contributed by atoms with Gasteiger partial charge in [0.2, 0.25) is 0 Å². The monoisotopic (exact) mass is 247 g/mol. The van der Waals surface area contributed by atoms with Crippen LogP contribution in [0.3, 0.4) is 0 Å². The summed E-state index contributed by atoms with van der Waals surface area (Å²) in [6, 6.07) is 9.13. The van der Waals surface area contributed by atoms with Crippen LogP contribution >= 0.6 is 0 Å². The number of aryl methyl sites for hydroxylation is 1. The summed E-state index contributed by atoms with van der Waals surface area (Å²) < 4.78 is 0. The van der Waals surface area contributed by atoms with Gasteiger partial charge in [0.1, 0.15) is 0 Å². The van der Waals surface area contributed by atoms with Gasteiger partial charge in [0, 0.05) is 38.3 Å². The Hall–Kier alpha value is -0.900. The van der Waals surface area contributed by atoms with Crippen molar-refractivity contribution in [1.29, 1.82) is 0 Å². The molecular formula is C15H25N3. The van der Waals surface area contributed by atoms with Crippen molar-refractivity contribution in [2.24, 2.45) is 5.73 Å². The molecule has 1 fully saturated rings. The van der Waals surface area contributed by atoms with Crippen molar-refractivity contribution in [3.63, 3.8) is 0 Å². The van der Waals surface area contributed by atoms with Gasteiger partial charge < -0.3 is 10.6 Å². The number of likely N-dealkylation sites (N-methyl/N-ethyl adjacent to an activating group) is 1. The van der Waals surface area contributed by atoms with E-state index < -0.39 is 0 Å². The fourth-order valence-electron chi connectivity index (χ4n) is 2.83. The molecule has 2 unspecified atom stereocenters. The van der Waals surface area contributed by atoms with Gasteiger partial charge in [-0.15, -0.1) is 0 Å². The molecule has 0 aliphatic carbocycles. The molecule has 100 valence electrons. The van der Waals surface area contributed by atoms with E-state index in [0.29, 0.717) is 6.04 Å². The third kappa shape index (κ3) is 2.91. The minimum Gasteiger partial charge on any atom is -0.326 e. The Kier molecular flexibility index (Phi) is 4.38. The van der Waals surface area contributed by atoms with Gasteiger partial charge in [0.25, 0.3) is 0 Å². The summed E-state index contributed by atoms with van der Waals surface area (Å²) in [6.07, 6.45) is 0. The predicted molar refractivity (Wildman–Crippen MR) is 76.6 cm³/mol. The lowest BCUT2D eigenvalue weighted by atomic mass is 9.94. The topological polar surface area (TPSA) is 32.5 Å². The SMILES string of the molecule is Cc1ccccc1C(C(C)N)N1CCN(C)CC1. The van der Waals surface area contributed by atoms with Crippen LogP contribution in [0.25, 0.3) is 0 Å². The lowest BCUT2D eigenvalue weighted by Crippen LogP contribution is -2.49. The summed E-state index contributed by atoms with van der Waals surface area (Å²) in [5, 5.41) is 0. The van der Waals surface area contributed by atoms with Crippen molar-refractivity contribution in [2.45, 2.75) is 25.9 Å². The molecule has 1 aliphatic heterocycles. The molecule has 3 nitrogen and oxygen atoms in total. The Morgan fingerprint density at radius 1 is 1.11 bits per heavy atom. The second-order valence-corrected chi connectivity index (χ2v) is 5.50. The zero-order valence-corrected chi connectivity index (χ0v) is 11.8. The number of nitrogens with two attached hydrogens (primary N) is 1. The number of piperazine rings is 1. The largest absolute Gasteiger partial charge is 0.326 e. The normalized spacial score (nSPS) is 21.8. The zero-order valence-electron chi connectivity index (χ0n) is 11.8. The Balaban J connectivity index is 2.21. The first kappa shape index (κ1) is 13.5. The molecule has 1 saturated heterocycles. The summed E-state index contributed by atoms with van der Waals surface area (Å²) in [5.41, 5.74) is 8.98. The molecule has 0 saturated carbocycles. The second kappa shape index (κ2) is 5.83. The minimum absolute atomic E-state index is 0.162. The highest BCUT2D eigenvalue weighted by Gasteiger charge is 2.27. The van der Waals surface area contributed by atoms with Gasteiger partial charge in [-0.2, -0.15) is 0 Å². The standard InChI is InChI=1S/C15H25N3/c1-12-6-4-5-7-14(12)15(13(2)16)18-10-8-17(3)9-11-18/h4-7,13,15H,8-11,16H2,1-3H3. The van der Waals surface area contributed by atoms with Gasteiger partial charge in [-0.05, 0) is 32.0 Å². The number of benzene rings is 1. The fraction of sp³-hybridized carbons (Fsp3) is 0.600. The Labute approximate surface area is 111 Å². The third-order valence-electron chi connectivity index (χ3n) is 3.94. The van der Waals surface area contributed by atoms with Gasteiger partial charge in [-0.25, -0.2) is 0 Å². The Morgan fingerprint density at radius 2 is 1.72 bits per heavy atom. The summed E-state index contributed by atoms with van der Waals surface area (Å²) in [7, 11) is 2.19. The quantitative estimate of drug-likeness (QED) is 0.881. The van der Waals surface area contributed by atoms with Crippen LogP contribution in [0.4, 0.5) is 0 Å². The van der Waals surface area contributed by atoms with Gasteiger partial charge in [0.15, 0.2) is 0 Å². The molecule has 1 heterocycles. The van der Waals surface area contributed by atoms with E-state index in [-0.39, 0.29) is 6.04 Å². The molecular weight excluding hydrogens is 222 g/mol. The summed E-state index contributed by atoms with van der Waals surface area (Å²) >= 11 is 0. The molecule has 0 amide bonds. The maximum atomic E-state index is 6.25. The molecule has 18 heavy (non-hydrogen) atoms. The molecule has 1 aromatic rings. The Morgan fingerprint density at radius 3 is 2.28 bits per heavy atom. The zero-order chi connectivity index (χ0) is 13.1. The van der Waals surface area contributed by atoms with Gasteiger partial charge in [-0.1, -0.05) is 24.3 Å². The lowest BCUT2D eigenvalue weighted by Gasteiger charge is -2.40. The third-order valence-corrected chi connectivity index (χ3v) is 3.94. The average Bonchev–Trinajstić information content (AvgIpc) is 2.34. The molecule has 0 aromatic heterocycles. The van der Waals surface area contributed by atoms with Gasteiger partial charge in [0.05, 0.1) is 0 Å². The van der Waals surface area contributed by atoms with Crippen LogP contribution in [-0.4, -0.2) is 49.1 Å². The van der Waals surface area contributed by atoms with E-state index in [9.17, 15) is 0 Å². The van der Waals surface area contributed by atoms with Crippen molar-refractivity contribution >= 4 is 0 Å². The molecule has 0 spiro atoms. The molecule has 2 N–H and O–H groups in total. The van der Waals surface area contributed by atoms with Crippen molar-refractivity contribution in [3.8, 4) is 0 Å². The predicted octanol–water partition coefficient (Wildman–Crippen LogP) is 1.63. The first-order valence-corrected chi connectivity index (χ1v) is 6.83. The maximum absolute atomic E-state index is 6.25. The molecule has 0 radical (unpaired) electrons. The number of hydrogen-bond donors (Lipinski definition) is 1. The van der Waals surface area contributed by atoms with Crippen LogP contribution in [0.2, 0.25) is 0 Å². The van der Waals surface area contributed by atoms with Crippen LogP contribution < -0.4 is 5.73 Å². The van der Waals surface area contributed by atoms with E-state index in [1.54, 1.807) is 0 Å².